The Bertz CT molecular complexity index is 668. The number of hydrogen-bond acceptors (Lipinski definition) is 6. The molecule has 20 heavy (non-hydrogen) atoms. The number of rotatable bonds is 4. The van der Waals surface area contributed by atoms with Crippen LogP contribution >= 0.6 is 11.6 Å². The van der Waals surface area contributed by atoms with Crippen LogP contribution in [-0.2, 0) is 0 Å². The number of methoxy groups -OCH3 is 1. The van der Waals surface area contributed by atoms with E-state index in [9.17, 15) is 0 Å². The van der Waals surface area contributed by atoms with Crippen LogP contribution in [0.2, 0.25) is 5.02 Å². The van der Waals surface area contributed by atoms with Gasteiger partial charge < -0.3 is 15.4 Å². The van der Waals surface area contributed by atoms with Gasteiger partial charge in [-0.15, -0.1) is 0 Å². The van der Waals surface area contributed by atoms with E-state index >= 15 is 0 Å². The van der Waals surface area contributed by atoms with Crippen molar-refractivity contribution < 1.29 is 4.74 Å². The minimum absolute atomic E-state index is 0.385. The monoisotopic (exact) mass is 289 g/mol. The van der Waals surface area contributed by atoms with Crippen molar-refractivity contribution in [1.82, 2.24) is 9.97 Å². The van der Waals surface area contributed by atoms with Gasteiger partial charge >= 0.3 is 0 Å². The SMILES string of the molecule is CNc1ncc(Cl)c(Nc2ccc(C#N)cc2OC)n1. The quantitative estimate of drug-likeness (QED) is 0.900. The summed E-state index contributed by atoms with van der Waals surface area (Å²) in [5.41, 5.74) is 1.17. The number of benzene rings is 1. The lowest BCUT2D eigenvalue weighted by molar-refractivity contribution is 0.416. The molecule has 2 N–H and O–H groups in total. The molecule has 0 amide bonds. The summed E-state index contributed by atoms with van der Waals surface area (Å²) in [6.07, 6.45) is 1.50. The van der Waals surface area contributed by atoms with E-state index in [0.717, 1.165) is 0 Å². The number of anilines is 3. The number of nitrogens with zero attached hydrogens (tertiary/aromatic N) is 3. The number of nitriles is 1. The smallest absolute Gasteiger partial charge is 0.224 e. The molecule has 2 rings (SSSR count). The third kappa shape index (κ3) is 2.90. The van der Waals surface area contributed by atoms with Gasteiger partial charge in [-0.3, -0.25) is 0 Å². The highest BCUT2D eigenvalue weighted by molar-refractivity contribution is 6.32. The third-order valence-electron chi connectivity index (χ3n) is 2.55. The lowest BCUT2D eigenvalue weighted by Crippen LogP contribution is -2.02. The van der Waals surface area contributed by atoms with Crippen LogP contribution in [0.3, 0.4) is 0 Å². The highest BCUT2D eigenvalue weighted by Gasteiger charge is 2.09. The van der Waals surface area contributed by atoms with Gasteiger partial charge in [0.1, 0.15) is 10.8 Å². The first-order valence-electron chi connectivity index (χ1n) is 5.73. The zero-order valence-corrected chi connectivity index (χ0v) is 11.7. The van der Waals surface area contributed by atoms with Crippen molar-refractivity contribution in [3.05, 3.63) is 35.0 Å². The van der Waals surface area contributed by atoms with Gasteiger partial charge in [-0.05, 0) is 12.1 Å². The molecular formula is C13H12ClN5O. The van der Waals surface area contributed by atoms with Gasteiger partial charge in [-0.25, -0.2) is 4.98 Å². The fourth-order valence-electron chi connectivity index (χ4n) is 1.57. The molecule has 0 atom stereocenters. The van der Waals surface area contributed by atoms with Gasteiger partial charge in [0.25, 0.3) is 0 Å². The Hall–Kier alpha value is -2.52. The van der Waals surface area contributed by atoms with Crippen LogP contribution in [0.1, 0.15) is 5.56 Å². The Morgan fingerprint density at radius 2 is 2.20 bits per heavy atom. The van der Waals surface area contributed by atoms with Crippen molar-refractivity contribution in [2.45, 2.75) is 0 Å². The average Bonchev–Trinajstić information content (AvgIpc) is 2.49. The molecule has 0 fully saturated rings. The summed E-state index contributed by atoms with van der Waals surface area (Å²) in [5, 5.41) is 15.2. The maximum absolute atomic E-state index is 8.87. The van der Waals surface area contributed by atoms with Crippen LogP contribution in [0.5, 0.6) is 5.75 Å². The molecule has 0 aliphatic heterocycles. The van der Waals surface area contributed by atoms with Crippen molar-refractivity contribution in [2.75, 3.05) is 24.8 Å². The summed E-state index contributed by atoms with van der Waals surface area (Å²) < 4.78 is 5.24. The second-order valence-electron chi connectivity index (χ2n) is 3.79. The summed E-state index contributed by atoms with van der Waals surface area (Å²) in [6, 6.07) is 7.10. The van der Waals surface area contributed by atoms with E-state index < -0.39 is 0 Å². The van der Waals surface area contributed by atoms with Crippen LogP contribution in [0.15, 0.2) is 24.4 Å². The first-order chi connectivity index (χ1) is 9.67. The lowest BCUT2D eigenvalue weighted by Gasteiger charge is -2.12. The molecule has 1 aromatic carbocycles. The maximum atomic E-state index is 8.87. The zero-order valence-electron chi connectivity index (χ0n) is 10.9. The van der Waals surface area contributed by atoms with Gasteiger partial charge in [0.15, 0.2) is 5.82 Å². The molecule has 0 unspecified atom stereocenters. The van der Waals surface area contributed by atoms with Crippen LogP contribution < -0.4 is 15.4 Å². The molecular weight excluding hydrogens is 278 g/mol. The topological polar surface area (TPSA) is 82.9 Å². The third-order valence-corrected chi connectivity index (χ3v) is 2.83. The second-order valence-corrected chi connectivity index (χ2v) is 4.20. The zero-order chi connectivity index (χ0) is 14.5. The number of aromatic nitrogens is 2. The maximum Gasteiger partial charge on any atom is 0.224 e. The summed E-state index contributed by atoms with van der Waals surface area (Å²) in [5.74, 6) is 1.43. The van der Waals surface area contributed by atoms with Crippen molar-refractivity contribution in [1.29, 1.82) is 5.26 Å². The van der Waals surface area contributed by atoms with Gasteiger partial charge in [-0.1, -0.05) is 11.6 Å². The van der Waals surface area contributed by atoms with E-state index in [1.165, 1.54) is 13.3 Å². The molecule has 2 aromatic rings. The first kappa shape index (κ1) is 13.9. The van der Waals surface area contributed by atoms with Crippen LogP contribution in [0, 0.1) is 11.3 Å². The Labute approximate surface area is 121 Å². The van der Waals surface area contributed by atoms with E-state index in [1.54, 1.807) is 25.2 Å². The number of ether oxygens (including phenoxy) is 1. The molecule has 0 aliphatic carbocycles. The van der Waals surface area contributed by atoms with Gasteiger partial charge in [-0.2, -0.15) is 10.2 Å². The number of hydrogen-bond donors (Lipinski definition) is 2. The summed E-state index contributed by atoms with van der Waals surface area (Å²) in [7, 11) is 3.25. The molecule has 1 aromatic heterocycles. The van der Waals surface area contributed by atoms with E-state index in [2.05, 4.69) is 26.7 Å². The summed E-state index contributed by atoms with van der Waals surface area (Å²) in [6.45, 7) is 0. The van der Waals surface area contributed by atoms with Gasteiger partial charge in [0.05, 0.1) is 30.6 Å². The van der Waals surface area contributed by atoms with E-state index in [1.807, 2.05) is 0 Å². The van der Waals surface area contributed by atoms with Crippen molar-refractivity contribution in [3.8, 4) is 11.8 Å². The van der Waals surface area contributed by atoms with E-state index in [-0.39, 0.29) is 0 Å². The molecule has 1 heterocycles. The van der Waals surface area contributed by atoms with Crippen LogP contribution in [0.4, 0.5) is 17.5 Å². The molecule has 0 saturated carbocycles. The van der Waals surface area contributed by atoms with Crippen LogP contribution in [0.25, 0.3) is 0 Å². The molecule has 6 nitrogen and oxygen atoms in total. The van der Waals surface area contributed by atoms with Crippen molar-refractivity contribution in [3.63, 3.8) is 0 Å². The highest BCUT2D eigenvalue weighted by Crippen LogP contribution is 2.30. The van der Waals surface area contributed by atoms with E-state index in [4.69, 9.17) is 21.6 Å². The molecule has 0 spiro atoms. The molecule has 0 bridgehead atoms. The predicted octanol–water partition coefficient (Wildman–Crippen LogP) is 2.80. The average molecular weight is 290 g/mol. The lowest BCUT2D eigenvalue weighted by atomic mass is 10.2. The molecule has 0 saturated heterocycles. The van der Waals surface area contributed by atoms with E-state index in [0.29, 0.717) is 33.8 Å². The number of halogens is 1. The Balaban J connectivity index is 2.37. The largest absolute Gasteiger partial charge is 0.495 e. The summed E-state index contributed by atoms with van der Waals surface area (Å²) >= 11 is 6.05. The Morgan fingerprint density at radius 3 is 2.85 bits per heavy atom. The standard InChI is InChI=1S/C13H12ClN5O/c1-16-13-17-7-9(14)12(19-13)18-10-4-3-8(6-15)5-11(10)20-2/h3-5,7H,1-2H3,(H2,16,17,18,19). The van der Waals surface area contributed by atoms with Crippen molar-refractivity contribution >= 4 is 29.1 Å². The van der Waals surface area contributed by atoms with Crippen molar-refractivity contribution in [2.24, 2.45) is 0 Å². The minimum atomic E-state index is 0.385. The summed E-state index contributed by atoms with van der Waals surface area (Å²) in [4.78, 5) is 8.22. The Kier molecular flexibility index (Phi) is 4.23. The van der Waals surface area contributed by atoms with Gasteiger partial charge in [0.2, 0.25) is 5.95 Å². The Morgan fingerprint density at radius 1 is 1.40 bits per heavy atom. The number of nitrogens with one attached hydrogen (secondary N) is 2. The fraction of sp³-hybridized carbons (Fsp3) is 0.154. The van der Waals surface area contributed by atoms with Gasteiger partial charge in [0, 0.05) is 13.1 Å². The minimum Gasteiger partial charge on any atom is -0.495 e. The normalized spacial score (nSPS) is 9.70. The second kappa shape index (κ2) is 6.08. The highest BCUT2D eigenvalue weighted by atomic mass is 35.5. The molecule has 102 valence electrons. The molecule has 7 heteroatoms. The molecule has 0 radical (unpaired) electrons. The van der Waals surface area contributed by atoms with Crippen LogP contribution in [-0.4, -0.2) is 24.1 Å². The fourth-order valence-corrected chi connectivity index (χ4v) is 1.71. The first-order valence-corrected chi connectivity index (χ1v) is 6.11. The predicted molar refractivity (Wildman–Crippen MR) is 77.6 cm³/mol. The molecule has 0 aliphatic rings.